The summed E-state index contributed by atoms with van der Waals surface area (Å²) in [5.41, 5.74) is 0.720. The molecule has 1 aliphatic heterocycles. The molecule has 0 radical (unpaired) electrons. The van der Waals surface area contributed by atoms with Crippen molar-refractivity contribution < 1.29 is 13.9 Å². The van der Waals surface area contributed by atoms with Crippen LogP contribution in [-0.4, -0.2) is 51.1 Å². The maximum atomic E-state index is 13.6. The Morgan fingerprint density at radius 2 is 2.41 bits per heavy atom. The number of aromatic amines is 1. The van der Waals surface area contributed by atoms with Crippen LogP contribution in [-0.2, 0) is 11.2 Å². The van der Waals surface area contributed by atoms with E-state index in [-0.39, 0.29) is 17.6 Å². The van der Waals surface area contributed by atoms with Crippen LogP contribution in [0.2, 0.25) is 0 Å². The van der Waals surface area contributed by atoms with Crippen molar-refractivity contribution in [3.05, 3.63) is 35.4 Å². The van der Waals surface area contributed by atoms with Gasteiger partial charge in [0.25, 0.3) is 5.91 Å². The van der Waals surface area contributed by atoms with Crippen LogP contribution in [0, 0.1) is 5.82 Å². The highest BCUT2D eigenvalue weighted by Gasteiger charge is 2.33. The molecule has 0 spiro atoms. The summed E-state index contributed by atoms with van der Waals surface area (Å²) in [5, 5.41) is 13.7. The highest BCUT2D eigenvalue weighted by molar-refractivity contribution is 5.82. The van der Waals surface area contributed by atoms with Gasteiger partial charge in [0, 0.05) is 31.5 Å². The number of para-hydroxylation sites is 1. The van der Waals surface area contributed by atoms with Crippen LogP contribution in [0.25, 0.3) is 0 Å². The average molecular weight is 305 g/mol. The van der Waals surface area contributed by atoms with E-state index in [0.717, 1.165) is 5.56 Å². The first-order valence-corrected chi connectivity index (χ1v) is 6.98. The molecule has 1 amide bonds. The molecule has 0 fully saturated rings. The van der Waals surface area contributed by atoms with Gasteiger partial charge in [-0.3, -0.25) is 4.79 Å². The Balaban J connectivity index is 1.64. The van der Waals surface area contributed by atoms with E-state index < -0.39 is 11.9 Å². The maximum Gasteiger partial charge on any atom is 0.263 e. The van der Waals surface area contributed by atoms with Crippen LogP contribution in [0.5, 0.6) is 5.75 Å². The Morgan fingerprint density at radius 3 is 3.09 bits per heavy atom. The maximum absolute atomic E-state index is 13.6. The van der Waals surface area contributed by atoms with E-state index in [1.807, 2.05) is 6.92 Å². The molecule has 1 aromatic carbocycles. The number of rotatable bonds is 4. The highest BCUT2D eigenvalue weighted by Crippen LogP contribution is 2.32. The summed E-state index contributed by atoms with van der Waals surface area (Å²) in [4.78, 5) is 14.0. The number of tetrazole rings is 1. The van der Waals surface area contributed by atoms with E-state index in [1.165, 1.54) is 6.07 Å². The molecule has 2 heterocycles. The molecule has 3 rings (SSSR count). The van der Waals surface area contributed by atoms with E-state index in [9.17, 15) is 9.18 Å². The predicted octanol–water partition coefficient (Wildman–Crippen LogP) is 0.904. The van der Waals surface area contributed by atoms with Gasteiger partial charge in [0.1, 0.15) is 0 Å². The zero-order valence-corrected chi connectivity index (χ0v) is 12.3. The predicted molar refractivity (Wildman–Crippen MR) is 74.7 cm³/mol. The number of carbonyl (C=O) groups excluding carboxylic acids is 1. The van der Waals surface area contributed by atoms with Crippen molar-refractivity contribution in [2.24, 2.45) is 0 Å². The third kappa shape index (κ3) is 2.63. The number of aromatic nitrogens is 4. The normalized spacial score (nSPS) is 17.7. The van der Waals surface area contributed by atoms with Crippen LogP contribution in [0.3, 0.4) is 0 Å². The number of ether oxygens (including phenoxy) is 1. The summed E-state index contributed by atoms with van der Waals surface area (Å²) >= 11 is 0. The van der Waals surface area contributed by atoms with Crippen molar-refractivity contribution >= 4 is 5.91 Å². The largest absolute Gasteiger partial charge is 0.477 e. The van der Waals surface area contributed by atoms with Crippen LogP contribution in [0.4, 0.5) is 4.39 Å². The third-order valence-corrected chi connectivity index (χ3v) is 3.72. The minimum absolute atomic E-state index is 0.0618. The number of fused-ring (bicyclic) bond motifs is 1. The zero-order valence-electron chi connectivity index (χ0n) is 12.3. The van der Waals surface area contributed by atoms with Crippen molar-refractivity contribution in [3.63, 3.8) is 0 Å². The third-order valence-electron chi connectivity index (χ3n) is 3.72. The molecule has 7 nitrogen and oxygen atoms in total. The standard InChI is InChI=1S/C14H16FN5O2/c1-8(13-16-18-19-17-13)7-20(2)14(21)11-6-9-4-3-5-10(15)12(9)22-11/h3-5,8,11H,6-7H2,1-2H3,(H,16,17,18,19). The number of nitrogens with zero attached hydrogens (tertiary/aromatic N) is 4. The first-order chi connectivity index (χ1) is 10.6. The molecular weight excluding hydrogens is 289 g/mol. The Bertz CT molecular complexity index is 676. The van der Waals surface area contributed by atoms with Crippen LogP contribution in [0.1, 0.15) is 24.2 Å². The van der Waals surface area contributed by atoms with Gasteiger partial charge in [0.2, 0.25) is 0 Å². The molecule has 0 bridgehead atoms. The Morgan fingerprint density at radius 1 is 1.59 bits per heavy atom. The fourth-order valence-electron chi connectivity index (χ4n) is 2.57. The quantitative estimate of drug-likeness (QED) is 0.907. The van der Waals surface area contributed by atoms with Gasteiger partial charge in [-0.25, -0.2) is 4.39 Å². The Kier molecular flexibility index (Phi) is 3.74. The lowest BCUT2D eigenvalue weighted by atomic mass is 10.1. The molecular formula is C14H16FN5O2. The van der Waals surface area contributed by atoms with Gasteiger partial charge in [-0.15, -0.1) is 10.2 Å². The molecule has 0 saturated heterocycles. The second kappa shape index (κ2) is 5.70. The number of nitrogens with one attached hydrogen (secondary N) is 1. The number of carbonyl (C=O) groups is 1. The van der Waals surface area contributed by atoms with Gasteiger partial charge in [0.05, 0.1) is 0 Å². The number of H-pyrrole nitrogens is 1. The Labute approximate surface area is 126 Å². The lowest BCUT2D eigenvalue weighted by Gasteiger charge is -2.22. The fourth-order valence-corrected chi connectivity index (χ4v) is 2.57. The molecule has 2 atom stereocenters. The first-order valence-electron chi connectivity index (χ1n) is 6.98. The Hall–Kier alpha value is -2.51. The van der Waals surface area contributed by atoms with Crippen LogP contribution in [0.15, 0.2) is 18.2 Å². The summed E-state index contributed by atoms with van der Waals surface area (Å²) in [6.45, 7) is 2.33. The molecule has 0 aliphatic carbocycles. The van der Waals surface area contributed by atoms with Crippen molar-refractivity contribution in [1.82, 2.24) is 25.5 Å². The first kappa shape index (κ1) is 14.4. The van der Waals surface area contributed by atoms with Gasteiger partial charge in [-0.05, 0) is 6.07 Å². The van der Waals surface area contributed by atoms with Crippen molar-refractivity contribution in [3.8, 4) is 5.75 Å². The lowest BCUT2D eigenvalue weighted by molar-refractivity contribution is -0.136. The topological polar surface area (TPSA) is 84.0 Å². The number of benzene rings is 1. The van der Waals surface area contributed by atoms with Gasteiger partial charge < -0.3 is 9.64 Å². The van der Waals surface area contributed by atoms with E-state index in [4.69, 9.17) is 4.74 Å². The molecule has 2 aromatic rings. The molecule has 1 aliphatic rings. The van der Waals surface area contributed by atoms with Crippen LogP contribution < -0.4 is 4.74 Å². The lowest BCUT2D eigenvalue weighted by Crippen LogP contribution is -2.40. The molecule has 8 heteroatoms. The summed E-state index contributed by atoms with van der Waals surface area (Å²) in [7, 11) is 1.68. The number of halogens is 1. The van der Waals surface area contributed by atoms with E-state index in [2.05, 4.69) is 20.6 Å². The highest BCUT2D eigenvalue weighted by atomic mass is 19.1. The molecule has 1 N–H and O–H groups in total. The number of likely N-dealkylation sites (N-methyl/N-ethyl adjacent to an activating group) is 1. The number of hydrogen-bond acceptors (Lipinski definition) is 5. The molecule has 22 heavy (non-hydrogen) atoms. The van der Waals surface area contributed by atoms with Gasteiger partial charge in [0.15, 0.2) is 23.5 Å². The molecule has 1 aromatic heterocycles. The zero-order chi connectivity index (χ0) is 15.7. The molecule has 116 valence electrons. The monoisotopic (exact) mass is 305 g/mol. The minimum atomic E-state index is -0.686. The number of hydrogen-bond donors (Lipinski definition) is 1. The fraction of sp³-hybridized carbons (Fsp3) is 0.429. The number of amides is 1. The molecule has 2 unspecified atom stereocenters. The second-order valence-electron chi connectivity index (χ2n) is 5.43. The van der Waals surface area contributed by atoms with Gasteiger partial charge >= 0.3 is 0 Å². The molecule has 0 saturated carbocycles. The average Bonchev–Trinajstić information content (AvgIpc) is 3.16. The summed E-state index contributed by atoms with van der Waals surface area (Å²) in [6.07, 6.45) is -0.304. The van der Waals surface area contributed by atoms with E-state index in [0.29, 0.717) is 18.8 Å². The van der Waals surface area contributed by atoms with Crippen molar-refractivity contribution in [1.29, 1.82) is 0 Å². The minimum Gasteiger partial charge on any atom is -0.477 e. The van der Waals surface area contributed by atoms with Crippen molar-refractivity contribution in [2.45, 2.75) is 25.4 Å². The van der Waals surface area contributed by atoms with Gasteiger partial charge in [-0.2, -0.15) is 5.21 Å². The second-order valence-corrected chi connectivity index (χ2v) is 5.43. The van der Waals surface area contributed by atoms with Crippen LogP contribution >= 0.6 is 0 Å². The van der Waals surface area contributed by atoms with Crippen molar-refractivity contribution in [2.75, 3.05) is 13.6 Å². The van der Waals surface area contributed by atoms with Gasteiger partial charge in [-0.1, -0.05) is 24.3 Å². The SMILES string of the molecule is CC(CN(C)C(=O)C1Cc2cccc(F)c2O1)c1nn[nH]n1. The van der Waals surface area contributed by atoms with E-state index >= 15 is 0 Å². The van der Waals surface area contributed by atoms with E-state index in [1.54, 1.807) is 24.1 Å². The summed E-state index contributed by atoms with van der Waals surface area (Å²) in [6, 6.07) is 4.72. The summed E-state index contributed by atoms with van der Waals surface area (Å²) < 4.78 is 19.1. The smallest absolute Gasteiger partial charge is 0.263 e. The summed E-state index contributed by atoms with van der Waals surface area (Å²) in [5.74, 6) is 0.0385.